The summed E-state index contributed by atoms with van der Waals surface area (Å²) in [4.78, 5) is 0. The number of likely N-dealkylation sites (N-methyl/N-ethyl adjacent to an activating group) is 1. The molecule has 1 nitrogen and oxygen atoms in total. The zero-order chi connectivity index (χ0) is 15.4. The highest BCUT2D eigenvalue weighted by Crippen LogP contribution is 2.29. The predicted molar refractivity (Wildman–Crippen MR) is 97.9 cm³/mol. The molecule has 0 radical (unpaired) electrons. The number of hydrogen-bond donors (Lipinski definition) is 0. The lowest BCUT2D eigenvalue weighted by molar-refractivity contribution is 0.446. The number of fused-ring (bicyclic) bond motifs is 1. The molecule has 3 aromatic rings. The first-order valence-electron chi connectivity index (χ1n) is 7.70. The molecule has 0 aliphatic rings. The maximum atomic E-state index is 2.26. The van der Waals surface area contributed by atoms with Crippen molar-refractivity contribution in [3.8, 4) is 0 Å². The Hall–Kier alpha value is -2.38. The summed E-state index contributed by atoms with van der Waals surface area (Å²) in [5.74, 6) is 0. The van der Waals surface area contributed by atoms with Crippen molar-refractivity contribution >= 4 is 22.5 Å². The van der Waals surface area contributed by atoms with Gasteiger partial charge in [0.25, 0.3) is 0 Å². The second-order valence-corrected chi connectivity index (χ2v) is 6.18. The lowest BCUT2D eigenvalue weighted by Crippen LogP contribution is -2.40. The van der Waals surface area contributed by atoms with Crippen LogP contribution in [0.1, 0.15) is 5.56 Å². The molecule has 0 fully saturated rings. The molecule has 0 bridgehead atoms. The van der Waals surface area contributed by atoms with Crippen LogP contribution < -0.4 is 4.48 Å². The van der Waals surface area contributed by atoms with E-state index in [-0.39, 0.29) is 0 Å². The molecule has 3 aromatic carbocycles. The van der Waals surface area contributed by atoms with Crippen LogP contribution in [-0.4, -0.2) is 20.6 Å². The van der Waals surface area contributed by atoms with Gasteiger partial charge in [-0.2, -0.15) is 0 Å². The van der Waals surface area contributed by atoms with Crippen molar-refractivity contribution in [3.63, 3.8) is 0 Å². The van der Waals surface area contributed by atoms with Crippen molar-refractivity contribution < 1.29 is 0 Å². The Morgan fingerprint density at radius 1 is 0.773 bits per heavy atom. The Kier molecular flexibility index (Phi) is 4.08. The van der Waals surface area contributed by atoms with Crippen molar-refractivity contribution in [1.29, 1.82) is 0 Å². The van der Waals surface area contributed by atoms with Gasteiger partial charge >= 0.3 is 0 Å². The van der Waals surface area contributed by atoms with E-state index in [4.69, 9.17) is 0 Å². The van der Waals surface area contributed by atoms with Gasteiger partial charge in [0.15, 0.2) is 0 Å². The van der Waals surface area contributed by atoms with Gasteiger partial charge in [-0.25, -0.2) is 0 Å². The topological polar surface area (TPSA) is 0 Å². The number of quaternary nitrogens is 1. The molecule has 0 saturated heterocycles. The normalized spacial score (nSPS) is 12.1. The van der Waals surface area contributed by atoms with Crippen molar-refractivity contribution in [2.24, 2.45) is 0 Å². The Morgan fingerprint density at radius 2 is 1.45 bits per heavy atom. The second-order valence-electron chi connectivity index (χ2n) is 6.18. The molecule has 0 aliphatic carbocycles. The summed E-state index contributed by atoms with van der Waals surface area (Å²) in [6.07, 6.45) is 4.46. The van der Waals surface area contributed by atoms with E-state index in [2.05, 4.69) is 93.0 Å². The molecule has 1 heteroatoms. The standard InChI is InChI=1S/C21H22N/c1-22(2,17-9-12-18-10-4-3-5-11-18)21-16-8-14-19-13-6-7-15-20(19)21/h3-16H,17H2,1-2H3/q+1. The van der Waals surface area contributed by atoms with Crippen molar-refractivity contribution in [3.05, 3.63) is 84.4 Å². The van der Waals surface area contributed by atoms with Gasteiger partial charge in [0.2, 0.25) is 0 Å². The first-order chi connectivity index (χ1) is 10.7. The minimum Gasteiger partial charge on any atom is -0.292 e. The molecule has 3 rings (SSSR count). The van der Waals surface area contributed by atoms with Crippen LogP contribution in [0.5, 0.6) is 0 Å². The molecular weight excluding hydrogens is 266 g/mol. The zero-order valence-electron chi connectivity index (χ0n) is 13.2. The van der Waals surface area contributed by atoms with Crippen LogP contribution in [0.3, 0.4) is 0 Å². The summed E-state index contributed by atoms with van der Waals surface area (Å²) in [5, 5.41) is 2.64. The second kappa shape index (κ2) is 6.17. The van der Waals surface area contributed by atoms with Crippen LogP contribution in [0.25, 0.3) is 16.8 Å². The van der Waals surface area contributed by atoms with Gasteiger partial charge < -0.3 is 0 Å². The van der Waals surface area contributed by atoms with Gasteiger partial charge in [-0.05, 0) is 29.2 Å². The van der Waals surface area contributed by atoms with Crippen LogP contribution in [0, 0.1) is 0 Å². The van der Waals surface area contributed by atoms with Gasteiger partial charge in [0.05, 0.1) is 14.1 Å². The predicted octanol–water partition coefficient (Wildman–Crippen LogP) is 5.12. The number of hydrogen-bond acceptors (Lipinski definition) is 0. The average Bonchev–Trinajstić information content (AvgIpc) is 2.55. The average molecular weight is 288 g/mol. The Bertz CT molecular complexity index is 780. The van der Waals surface area contributed by atoms with E-state index in [1.54, 1.807) is 0 Å². The van der Waals surface area contributed by atoms with E-state index in [9.17, 15) is 0 Å². The lowest BCUT2D eigenvalue weighted by Gasteiger charge is -2.29. The van der Waals surface area contributed by atoms with Crippen LogP contribution in [-0.2, 0) is 0 Å². The van der Waals surface area contributed by atoms with Crippen molar-refractivity contribution in [2.45, 2.75) is 0 Å². The SMILES string of the molecule is C[N+](C)(CC=Cc1ccccc1)c1cccc2ccccc12. The quantitative estimate of drug-likeness (QED) is 0.584. The van der Waals surface area contributed by atoms with E-state index >= 15 is 0 Å². The highest BCUT2D eigenvalue weighted by Gasteiger charge is 2.19. The summed E-state index contributed by atoms with van der Waals surface area (Å²) < 4.78 is 0.838. The van der Waals surface area contributed by atoms with Gasteiger partial charge in [-0.3, -0.25) is 4.48 Å². The van der Waals surface area contributed by atoms with Gasteiger partial charge in [0.1, 0.15) is 12.2 Å². The zero-order valence-corrected chi connectivity index (χ0v) is 13.2. The summed E-state index contributed by atoms with van der Waals surface area (Å²) in [7, 11) is 4.52. The highest BCUT2D eigenvalue weighted by atomic mass is 15.3. The number of rotatable bonds is 4. The molecule has 0 N–H and O–H groups in total. The molecule has 0 unspecified atom stereocenters. The fourth-order valence-electron chi connectivity index (χ4n) is 2.85. The maximum Gasteiger partial charge on any atom is 0.140 e. The molecule has 0 amide bonds. The van der Waals surface area contributed by atoms with E-state index in [1.165, 1.54) is 22.0 Å². The fourth-order valence-corrected chi connectivity index (χ4v) is 2.85. The Labute approximate surface area is 132 Å². The maximum absolute atomic E-state index is 2.26. The molecule has 22 heavy (non-hydrogen) atoms. The summed E-state index contributed by atoms with van der Waals surface area (Å²) >= 11 is 0. The largest absolute Gasteiger partial charge is 0.292 e. The molecule has 110 valence electrons. The first-order valence-corrected chi connectivity index (χ1v) is 7.70. The van der Waals surface area contributed by atoms with E-state index in [0.717, 1.165) is 11.0 Å². The third-order valence-electron chi connectivity index (χ3n) is 4.09. The molecule has 0 spiro atoms. The van der Waals surface area contributed by atoms with Crippen molar-refractivity contribution in [2.75, 3.05) is 20.6 Å². The van der Waals surface area contributed by atoms with Crippen LogP contribution in [0.2, 0.25) is 0 Å². The van der Waals surface area contributed by atoms with E-state index in [1.807, 2.05) is 6.07 Å². The number of benzene rings is 3. The Balaban J connectivity index is 1.87. The third kappa shape index (κ3) is 3.10. The molecule has 0 heterocycles. The minimum atomic E-state index is 0.838. The summed E-state index contributed by atoms with van der Waals surface area (Å²) in [5.41, 5.74) is 2.61. The van der Waals surface area contributed by atoms with Crippen molar-refractivity contribution in [1.82, 2.24) is 4.48 Å². The number of nitrogens with zero attached hydrogens (tertiary/aromatic N) is 1. The van der Waals surface area contributed by atoms with E-state index in [0.29, 0.717) is 0 Å². The minimum absolute atomic E-state index is 0.838. The molecule has 0 atom stereocenters. The monoisotopic (exact) mass is 288 g/mol. The third-order valence-corrected chi connectivity index (χ3v) is 4.09. The van der Waals surface area contributed by atoms with Crippen LogP contribution in [0.15, 0.2) is 78.9 Å². The molecule has 0 saturated carbocycles. The molecule has 0 aromatic heterocycles. The van der Waals surface area contributed by atoms with Gasteiger partial charge in [0, 0.05) is 5.39 Å². The fraction of sp³-hybridized carbons (Fsp3) is 0.143. The summed E-state index contributed by atoms with van der Waals surface area (Å²) in [6, 6.07) is 25.6. The Morgan fingerprint density at radius 3 is 2.27 bits per heavy atom. The van der Waals surface area contributed by atoms with Gasteiger partial charge in [-0.1, -0.05) is 66.7 Å². The van der Waals surface area contributed by atoms with E-state index < -0.39 is 0 Å². The lowest BCUT2D eigenvalue weighted by atomic mass is 10.1. The molecular formula is C21H22N+. The van der Waals surface area contributed by atoms with Crippen LogP contribution >= 0.6 is 0 Å². The smallest absolute Gasteiger partial charge is 0.140 e. The van der Waals surface area contributed by atoms with Crippen LogP contribution in [0.4, 0.5) is 5.69 Å². The molecule has 0 aliphatic heterocycles. The van der Waals surface area contributed by atoms with Gasteiger partial charge in [-0.15, -0.1) is 0 Å². The summed E-state index contributed by atoms with van der Waals surface area (Å²) in [6.45, 7) is 0.961. The highest BCUT2D eigenvalue weighted by molar-refractivity contribution is 5.93. The first kappa shape index (κ1) is 14.6.